The average Bonchev–Trinajstić information content (AvgIpc) is 3.42. The Bertz CT molecular complexity index is 1750. The zero-order valence-corrected chi connectivity index (χ0v) is 51.0. The number of allylic oxidation sites excluding steroid dienone is 22. The third kappa shape index (κ3) is 60.9. The van der Waals surface area contributed by atoms with Crippen LogP contribution < -0.4 is 0 Å². The van der Waals surface area contributed by atoms with Crippen molar-refractivity contribution in [2.24, 2.45) is 0 Å². The normalized spacial score (nSPS) is 13.7. The number of aliphatic carboxylic acids is 1. The summed E-state index contributed by atoms with van der Waals surface area (Å²) in [6.45, 7) is 4.63. The largest absolute Gasteiger partial charge is 0.477 e. The number of hydrogen-bond donors (Lipinski definition) is 1. The number of quaternary nitrogens is 1. The number of unbranched alkanes of at least 4 members (excludes halogenated alkanes) is 19. The molecule has 1 N–H and O–H groups in total. The molecule has 0 aromatic heterocycles. The summed E-state index contributed by atoms with van der Waals surface area (Å²) in [6.07, 6.45) is 82.6. The molecule has 9 heteroatoms. The number of rotatable bonds is 56. The molecule has 0 aliphatic carbocycles. The molecular weight excluding hydrogens is 983 g/mol. The first-order chi connectivity index (χ1) is 38.6. The molecule has 0 bridgehead atoms. The summed E-state index contributed by atoms with van der Waals surface area (Å²) in [5.41, 5.74) is 0. The van der Waals surface area contributed by atoms with Crippen molar-refractivity contribution in [1.82, 2.24) is 0 Å². The van der Waals surface area contributed by atoms with Crippen molar-refractivity contribution in [2.75, 3.05) is 47.5 Å². The quantitative estimate of drug-likeness (QED) is 0.0211. The molecule has 0 saturated carbocycles. The molecule has 0 saturated heterocycles. The summed E-state index contributed by atoms with van der Waals surface area (Å²) in [4.78, 5) is 37.5. The van der Waals surface area contributed by atoms with E-state index in [0.717, 1.165) is 122 Å². The standard InChI is InChI=1S/C70H115NO8/c1-6-8-10-12-14-16-18-20-22-24-25-26-27-28-29-30-31-32-33-34-35-36-37-38-39-40-41-42-43-45-47-49-51-53-55-57-59-61-68(73)79-66(65-78-70(69(74)75)76-63-62-71(3,4)5)64-77-67(72)60-58-56-54-52-50-48-46-44-23-21-19-17-15-13-11-9-7-2/h8-11,14-17,20-23,25-26,28-29,31-32,34-35,37-38,66,70H,6-7,12-13,18-19,24,27,30,33,36,39-65H2,1-5H3/p+1/b10-8-,11-9-,16-14-,17-15-,22-20-,23-21-,26-25-,29-28-,32-31-,35-34-,38-37-. The lowest BCUT2D eigenvalue weighted by Crippen LogP contribution is -2.40. The fourth-order valence-corrected chi connectivity index (χ4v) is 8.16. The molecule has 0 aromatic carbocycles. The van der Waals surface area contributed by atoms with E-state index >= 15 is 0 Å². The van der Waals surface area contributed by atoms with Gasteiger partial charge in [-0.2, -0.15) is 0 Å². The lowest BCUT2D eigenvalue weighted by atomic mass is 10.0. The van der Waals surface area contributed by atoms with Crippen molar-refractivity contribution in [2.45, 2.75) is 245 Å². The number of esters is 2. The minimum atomic E-state index is -1.52. The lowest BCUT2D eigenvalue weighted by Gasteiger charge is -2.25. The first-order valence-corrected chi connectivity index (χ1v) is 31.3. The number of ether oxygens (including phenoxy) is 4. The van der Waals surface area contributed by atoms with E-state index in [9.17, 15) is 19.5 Å². The van der Waals surface area contributed by atoms with Gasteiger partial charge in [-0.05, 0) is 109 Å². The molecule has 0 rings (SSSR count). The Kier molecular flexibility index (Phi) is 56.1. The van der Waals surface area contributed by atoms with E-state index in [1.54, 1.807) is 0 Å². The van der Waals surface area contributed by atoms with Gasteiger partial charge in [-0.25, -0.2) is 4.79 Å². The van der Waals surface area contributed by atoms with E-state index in [4.69, 9.17) is 18.9 Å². The van der Waals surface area contributed by atoms with Crippen LogP contribution in [0.3, 0.4) is 0 Å². The molecule has 0 heterocycles. The van der Waals surface area contributed by atoms with Crippen LogP contribution in [0.25, 0.3) is 0 Å². The number of hydrogen-bond acceptors (Lipinski definition) is 7. The third-order valence-electron chi connectivity index (χ3n) is 12.9. The Morgan fingerprint density at radius 2 is 0.684 bits per heavy atom. The Hall–Kier alpha value is -4.57. The van der Waals surface area contributed by atoms with Crippen LogP contribution in [0.4, 0.5) is 0 Å². The summed E-state index contributed by atoms with van der Waals surface area (Å²) in [5.74, 6) is -2.03. The maximum Gasteiger partial charge on any atom is 0.361 e. The lowest BCUT2D eigenvalue weighted by molar-refractivity contribution is -0.870. The van der Waals surface area contributed by atoms with E-state index in [1.165, 1.54) is 77.0 Å². The second kappa shape index (κ2) is 59.5. The van der Waals surface area contributed by atoms with E-state index < -0.39 is 24.3 Å². The fraction of sp³-hybridized carbons (Fsp3) is 0.643. The zero-order valence-electron chi connectivity index (χ0n) is 51.0. The first kappa shape index (κ1) is 74.4. The molecule has 79 heavy (non-hydrogen) atoms. The van der Waals surface area contributed by atoms with Crippen molar-refractivity contribution < 1.29 is 42.9 Å². The minimum absolute atomic E-state index is 0.179. The topological polar surface area (TPSA) is 108 Å². The van der Waals surface area contributed by atoms with Gasteiger partial charge in [0, 0.05) is 12.8 Å². The molecule has 0 spiro atoms. The van der Waals surface area contributed by atoms with Gasteiger partial charge in [0.25, 0.3) is 6.29 Å². The third-order valence-corrected chi connectivity index (χ3v) is 12.9. The Morgan fingerprint density at radius 3 is 1.01 bits per heavy atom. The van der Waals surface area contributed by atoms with Crippen molar-refractivity contribution in [3.63, 3.8) is 0 Å². The Morgan fingerprint density at radius 1 is 0.380 bits per heavy atom. The summed E-state index contributed by atoms with van der Waals surface area (Å²) in [6, 6.07) is 0. The monoisotopic (exact) mass is 1100 g/mol. The molecule has 0 aromatic rings. The average molecular weight is 1100 g/mol. The van der Waals surface area contributed by atoms with Crippen molar-refractivity contribution in [3.05, 3.63) is 134 Å². The molecule has 9 nitrogen and oxygen atoms in total. The highest BCUT2D eigenvalue weighted by Gasteiger charge is 2.25. The van der Waals surface area contributed by atoms with Gasteiger partial charge in [-0.15, -0.1) is 0 Å². The first-order valence-electron chi connectivity index (χ1n) is 31.3. The number of carbonyl (C=O) groups excluding carboxylic acids is 2. The molecule has 448 valence electrons. The van der Waals surface area contributed by atoms with Gasteiger partial charge in [0.15, 0.2) is 6.10 Å². The highest BCUT2D eigenvalue weighted by Crippen LogP contribution is 2.15. The van der Waals surface area contributed by atoms with Gasteiger partial charge >= 0.3 is 17.9 Å². The fourth-order valence-electron chi connectivity index (χ4n) is 8.16. The second-order valence-corrected chi connectivity index (χ2v) is 21.6. The van der Waals surface area contributed by atoms with Crippen LogP contribution in [-0.4, -0.2) is 87.4 Å². The molecule has 0 aliphatic rings. The molecule has 2 unspecified atom stereocenters. The van der Waals surface area contributed by atoms with Crippen LogP contribution in [-0.2, 0) is 33.3 Å². The molecule has 0 amide bonds. The van der Waals surface area contributed by atoms with Crippen LogP contribution in [0.15, 0.2) is 134 Å². The van der Waals surface area contributed by atoms with Crippen molar-refractivity contribution in [3.8, 4) is 0 Å². The van der Waals surface area contributed by atoms with Gasteiger partial charge in [-0.3, -0.25) is 9.59 Å². The predicted molar refractivity (Wildman–Crippen MR) is 336 cm³/mol. The smallest absolute Gasteiger partial charge is 0.361 e. The van der Waals surface area contributed by atoms with E-state index in [2.05, 4.69) is 148 Å². The number of carbonyl (C=O) groups is 3. The predicted octanol–water partition coefficient (Wildman–Crippen LogP) is 19.0. The van der Waals surface area contributed by atoms with Crippen LogP contribution in [0, 0.1) is 0 Å². The SMILES string of the molecule is CC/C=C\C/C=C\C/C=C\C/C=C\C/C=C\C/C=C\C/C=C\C/C=C\CCCCCCCCCCCCCCC(=O)OC(COC(=O)CCCCCCCCC/C=C\C/C=C\C/C=C\CC)COC(OCC[N+](C)(C)C)C(=O)O. The molecule has 0 radical (unpaired) electrons. The van der Waals surface area contributed by atoms with Crippen LogP contribution >= 0.6 is 0 Å². The Balaban J connectivity index is 4.16. The molecular formula is C70H116NO8+. The second-order valence-electron chi connectivity index (χ2n) is 21.6. The number of likely N-dealkylation sites (N-methyl/N-ethyl adjacent to an activating group) is 1. The minimum Gasteiger partial charge on any atom is -0.477 e. The summed E-state index contributed by atoms with van der Waals surface area (Å²) in [7, 11) is 5.96. The number of carboxylic acids is 1. The van der Waals surface area contributed by atoms with Crippen molar-refractivity contribution >= 4 is 17.9 Å². The molecule has 0 fully saturated rings. The number of carboxylic acid groups (broad SMARTS) is 1. The summed E-state index contributed by atoms with van der Waals surface area (Å²) in [5, 5.41) is 9.71. The molecule has 2 atom stereocenters. The summed E-state index contributed by atoms with van der Waals surface area (Å²) >= 11 is 0. The van der Waals surface area contributed by atoms with Crippen molar-refractivity contribution in [1.29, 1.82) is 0 Å². The number of nitrogens with zero attached hydrogens (tertiary/aromatic N) is 1. The van der Waals surface area contributed by atoms with E-state index in [0.29, 0.717) is 17.4 Å². The van der Waals surface area contributed by atoms with E-state index in [1.807, 2.05) is 21.1 Å². The van der Waals surface area contributed by atoms with Gasteiger partial charge < -0.3 is 28.5 Å². The molecule has 0 aliphatic heterocycles. The van der Waals surface area contributed by atoms with E-state index in [-0.39, 0.29) is 38.6 Å². The highest BCUT2D eigenvalue weighted by molar-refractivity contribution is 5.71. The maximum absolute atomic E-state index is 12.9. The Labute approximate surface area is 484 Å². The summed E-state index contributed by atoms with van der Waals surface area (Å²) < 4.78 is 22.9. The highest BCUT2D eigenvalue weighted by atomic mass is 16.7. The van der Waals surface area contributed by atoms with Gasteiger partial charge in [0.05, 0.1) is 34.4 Å². The van der Waals surface area contributed by atoms with Crippen LogP contribution in [0.5, 0.6) is 0 Å². The zero-order chi connectivity index (χ0) is 57.6. The van der Waals surface area contributed by atoms with Gasteiger partial charge in [-0.1, -0.05) is 244 Å². The maximum atomic E-state index is 12.9. The van der Waals surface area contributed by atoms with Crippen LogP contribution in [0.1, 0.15) is 232 Å². The van der Waals surface area contributed by atoms with Crippen LogP contribution in [0.2, 0.25) is 0 Å². The van der Waals surface area contributed by atoms with Gasteiger partial charge in [0.1, 0.15) is 13.2 Å². The van der Waals surface area contributed by atoms with Gasteiger partial charge in [0.2, 0.25) is 0 Å².